The van der Waals surface area contributed by atoms with Crippen LogP contribution in [0.15, 0.2) is 18.2 Å². The lowest BCUT2D eigenvalue weighted by molar-refractivity contribution is -0.141. The van der Waals surface area contributed by atoms with Crippen LogP contribution in [0.1, 0.15) is 34.1 Å². The topological polar surface area (TPSA) is 73.6 Å². The van der Waals surface area contributed by atoms with E-state index in [0.717, 1.165) is 5.69 Å². The van der Waals surface area contributed by atoms with Crippen molar-refractivity contribution in [1.82, 2.24) is 0 Å². The summed E-state index contributed by atoms with van der Waals surface area (Å²) in [6, 6.07) is 5.03. The molecule has 1 atom stereocenters. The van der Waals surface area contributed by atoms with Gasteiger partial charge in [-0.3, -0.25) is 0 Å². The van der Waals surface area contributed by atoms with Crippen molar-refractivity contribution in [3.05, 3.63) is 18.2 Å². The first kappa shape index (κ1) is 17.1. The minimum atomic E-state index is -0.384. The van der Waals surface area contributed by atoms with Gasteiger partial charge in [0.1, 0.15) is 11.8 Å². The number of nitrogens with two attached hydrogens (primary N) is 1. The second-order valence-corrected chi connectivity index (χ2v) is 5.77. The first-order valence-corrected chi connectivity index (χ1v) is 7.24. The molecule has 0 saturated carbocycles. The van der Waals surface area contributed by atoms with Crippen LogP contribution in [0.2, 0.25) is 0 Å². The van der Waals surface area contributed by atoms with Gasteiger partial charge in [-0.1, -0.05) is 13.8 Å². The molecule has 118 valence electrons. The van der Waals surface area contributed by atoms with Crippen molar-refractivity contribution in [3.8, 4) is 5.75 Å². The second kappa shape index (κ2) is 7.76. The highest BCUT2D eigenvalue weighted by Gasteiger charge is 2.20. The Morgan fingerprint density at radius 1 is 1.29 bits per heavy atom. The molecule has 1 unspecified atom stereocenters. The molecular formula is C16H26N2O3. The zero-order valence-electron chi connectivity index (χ0n) is 13.5. The minimum absolute atomic E-state index is 0.0367. The van der Waals surface area contributed by atoms with Crippen LogP contribution < -0.4 is 15.8 Å². The summed E-state index contributed by atoms with van der Waals surface area (Å²) in [6.45, 7) is 8.01. The lowest BCUT2D eigenvalue weighted by Gasteiger charge is -2.20. The van der Waals surface area contributed by atoms with Crippen molar-refractivity contribution in [3.63, 3.8) is 0 Å². The zero-order chi connectivity index (χ0) is 16.0. The molecule has 1 aromatic carbocycles. The molecule has 0 aliphatic carbocycles. The molecule has 3 N–H and O–H groups in total. The van der Waals surface area contributed by atoms with Crippen LogP contribution in [0, 0.1) is 5.92 Å². The van der Waals surface area contributed by atoms with Gasteiger partial charge in [0.05, 0.1) is 18.9 Å². The van der Waals surface area contributed by atoms with Gasteiger partial charge in [-0.2, -0.15) is 0 Å². The molecule has 0 aliphatic heterocycles. The number of hydrogen-bond donors (Lipinski definition) is 2. The molecular weight excluding hydrogens is 268 g/mol. The molecule has 21 heavy (non-hydrogen) atoms. The van der Waals surface area contributed by atoms with E-state index in [4.69, 9.17) is 15.2 Å². The van der Waals surface area contributed by atoms with E-state index in [1.165, 1.54) is 7.11 Å². The molecule has 5 nitrogen and oxygen atoms in total. The van der Waals surface area contributed by atoms with Crippen LogP contribution in [0.5, 0.6) is 5.75 Å². The lowest BCUT2D eigenvalue weighted by atomic mass is 10.0. The van der Waals surface area contributed by atoms with Gasteiger partial charge in [-0.05, 0) is 38.3 Å². The predicted molar refractivity (Wildman–Crippen MR) is 85.5 cm³/mol. The third kappa shape index (κ3) is 5.53. The van der Waals surface area contributed by atoms with Crippen LogP contribution in [0.25, 0.3) is 0 Å². The number of hydrogen-bond acceptors (Lipinski definition) is 5. The number of anilines is 2. The first-order valence-electron chi connectivity index (χ1n) is 7.24. The predicted octanol–water partition coefficient (Wildman–Crippen LogP) is 3.06. The van der Waals surface area contributed by atoms with E-state index in [2.05, 4.69) is 19.2 Å². The molecule has 0 spiro atoms. The largest absolute Gasteiger partial charge is 0.489 e. The van der Waals surface area contributed by atoms with Gasteiger partial charge >= 0.3 is 5.97 Å². The zero-order valence-corrected chi connectivity index (χ0v) is 13.5. The summed E-state index contributed by atoms with van der Waals surface area (Å²) >= 11 is 0. The Hall–Kier alpha value is -1.91. The van der Waals surface area contributed by atoms with E-state index in [1.54, 1.807) is 6.07 Å². The minimum Gasteiger partial charge on any atom is -0.489 e. The summed E-state index contributed by atoms with van der Waals surface area (Å²) in [6.07, 6.45) is 0.729. The van der Waals surface area contributed by atoms with E-state index in [-0.39, 0.29) is 18.1 Å². The smallest absolute Gasteiger partial charge is 0.328 e. The Morgan fingerprint density at radius 2 is 1.95 bits per heavy atom. The average Bonchev–Trinajstić information content (AvgIpc) is 2.39. The monoisotopic (exact) mass is 294 g/mol. The number of carbonyl (C=O) groups is 1. The Morgan fingerprint density at radius 3 is 2.48 bits per heavy atom. The van der Waals surface area contributed by atoms with Gasteiger partial charge in [-0.25, -0.2) is 4.79 Å². The van der Waals surface area contributed by atoms with Crippen molar-refractivity contribution < 1.29 is 14.3 Å². The SMILES string of the molecule is COC(=O)C(CC(C)C)Nc1ccc(N)c(OC(C)C)c1. The van der Waals surface area contributed by atoms with Crippen LogP contribution in [0.4, 0.5) is 11.4 Å². The van der Waals surface area contributed by atoms with Crippen molar-refractivity contribution in [1.29, 1.82) is 0 Å². The molecule has 0 radical (unpaired) electrons. The standard InChI is InChI=1S/C16H26N2O3/c1-10(2)8-14(16(19)20-5)18-12-6-7-13(17)15(9-12)21-11(3)4/h6-7,9-11,14,18H,8,17H2,1-5H3. The van der Waals surface area contributed by atoms with Crippen molar-refractivity contribution in [2.45, 2.75) is 46.3 Å². The maximum atomic E-state index is 11.8. The van der Waals surface area contributed by atoms with Crippen LogP contribution in [-0.2, 0) is 9.53 Å². The van der Waals surface area contributed by atoms with E-state index in [9.17, 15) is 4.79 Å². The first-order chi connectivity index (χ1) is 9.83. The fourth-order valence-corrected chi connectivity index (χ4v) is 2.01. The Labute approximate surface area is 126 Å². The van der Waals surface area contributed by atoms with Gasteiger partial charge in [0.25, 0.3) is 0 Å². The number of ether oxygens (including phenoxy) is 2. The third-order valence-corrected chi connectivity index (χ3v) is 2.91. The fraction of sp³-hybridized carbons (Fsp3) is 0.562. The highest BCUT2D eigenvalue weighted by molar-refractivity contribution is 5.79. The number of esters is 1. The second-order valence-electron chi connectivity index (χ2n) is 5.77. The molecule has 1 rings (SSSR count). The molecule has 0 aromatic heterocycles. The number of carbonyl (C=O) groups excluding carboxylic acids is 1. The van der Waals surface area contributed by atoms with Gasteiger partial charge in [-0.15, -0.1) is 0 Å². The Kier molecular flexibility index (Phi) is 6.34. The summed E-state index contributed by atoms with van der Waals surface area (Å²) in [7, 11) is 1.40. The van der Waals surface area contributed by atoms with Crippen molar-refractivity contribution in [2.24, 2.45) is 5.92 Å². The Bertz CT molecular complexity index is 473. The van der Waals surface area contributed by atoms with Crippen molar-refractivity contribution in [2.75, 3.05) is 18.2 Å². The number of methoxy groups -OCH3 is 1. The lowest BCUT2D eigenvalue weighted by Crippen LogP contribution is -2.32. The Balaban J connectivity index is 2.90. The average molecular weight is 294 g/mol. The van der Waals surface area contributed by atoms with E-state index < -0.39 is 0 Å². The maximum absolute atomic E-state index is 11.8. The normalized spacial score (nSPS) is 12.3. The van der Waals surface area contributed by atoms with Gasteiger partial charge in [0.15, 0.2) is 0 Å². The summed E-state index contributed by atoms with van der Waals surface area (Å²) in [4.78, 5) is 11.8. The van der Waals surface area contributed by atoms with Gasteiger partial charge < -0.3 is 20.5 Å². The molecule has 0 amide bonds. The van der Waals surface area contributed by atoms with Crippen molar-refractivity contribution >= 4 is 17.3 Å². The van der Waals surface area contributed by atoms with Crippen LogP contribution >= 0.6 is 0 Å². The molecule has 0 saturated heterocycles. The quantitative estimate of drug-likeness (QED) is 0.597. The highest BCUT2D eigenvalue weighted by Crippen LogP contribution is 2.27. The third-order valence-electron chi connectivity index (χ3n) is 2.91. The molecule has 0 heterocycles. The molecule has 0 fully saturated rings. The molecule has 0 bridgehead atoms. The summed E-state index contributed by atoms with van der Waals surface area (Å²) in [5.74, 6) is 0.719. The van der Waals surface area contributed by atoms with Crippen LogP contribution in [0.3, 0.4) is 0 Å². The number of benzene rings is 1. The number of nitrogen functional groups attached to an aromatic ring is 1. The van der Waals surface area contributed by atoms with Gasteiger partial charge in [0, 0.05) is 11.8 Å². The molecule has 0 aliphatic rings. The fourth-order valence-electron chi connectivity index (χ4n) is 2.01. The van der Waals surface area contributed by atoms with E-state index in [0.29, 0.717) is 23.8 Å². The number of rotatable bonds is 7. The van der Waals surface area contributed by atoms with Crippen LogP contribution in [-0.4, -0.2) is 25.2 Å². The highest BCUT2D eigenvalue weighted by atomic mass is 16.5. The summed E-state index contributed by atoms with van der Waals surface area (Å²) in [5.41, 5.74) is 7.26. The number of nitrogens with one attached hydrogen (secondary N) is 1. The maximum Gasteiger partial charge on any atom is 0.328 e. The van der Waals surface area contributed by atoms with Gasteiger partial charge in [0.2, 0.25) is 0 Å². The molecule has 1 aromatic rings. The summed E-state index contributed by atoms with van der Waals surface area (Å²) < 4.78 is 10.5. The summed E-state index contributed by atoms with van der Waals surface area (Å²) in [5, 5.41) is 3.19. The van der Waals surface area contributed by atoms with E-state index in [1.807, 2.05) is 26.0 Å². The molecule has 5 heteroatoms. The van der Waals surface area contributed by atoms with E-state index >= 15 is 0 Å².